The lowest BCUT2D eigenvalue weighted by molar-refractivity contribution is -0.274. The van der Waals surface area contributed by atoms with Crippen LogP contribution in [0.2, 0.25) is 0 Å². The van der Waals surface area contributed by atoms with Crippen LogP contribution in [0.5, 0.6) is 5.75 Å². The van der Waals surface area contributed by atoms with Gasteiger partial charge in [0.2, 0.25) is 0 Å². The Balaban J connectivity index is 1.33. The molecule has 0 amide bonds. The Kier molecular flexibility index (Phi) is 7.44. The lowest BCUT2D eigenvalue weighted by Gasteiger charge is -2.09. The second kappa shape index (κ2) is 10.9. The monoisotopic (exact) mass is 511 g/mol. The van der Waals surface area contributed by atoms with Gasteiger partial charge in [-0.15, -0.1) is 18.3 Å². The minimum absolute atomic E-state index is 0.307. The minimum Gasteiger partial charge on any atom is -0.406 e. The van der Waals surface area contributed by atoms with Crippen molar-refractivity contribution in [3.8, 4) is 22.8 Å². The fourth-order valence-corrected chi connectivity index (χ4v) is 3.25. The molecule has 1 heterocycles. The molecule has 0 aliphatic rings. The van der Waals surface area contributed by atoms with E-state index in [4.69, 9.17) is 12.2 Å². The van der Waals surface area contributed by atoms with Crippen molar-refractivity contribution in [1.82, 2.24) is 20.2 Å². The molecular weight excluding hydrogens is 491 g/mol. The van der Waals surface area contributed by atoms with E-state index in [1.807, 2.05) is 55.6 Å². The molecular formula is C24H20F3N7OS. The number of halogens is 3. The smallest absolute Gasteiger partial charge is 0.406 e. The number of rotatable bonds is 7. The van der Waals surface area contributed by atoms with Crippen molar-refractivity contribution in [2.45, 2.75) is 6.36 Å². The van der Waals surface area contributed by atoms with Crippen LogP contribution in [-0.4, -0.2) is 39.5 Å². The third-order valence-electron chi connectivity index (χ3n) is 4.81. The van der Waals surface area contributed by atoms with Crippen LogP contribution >= 0.6 is 12.2 Å². The van der Waals surface area contributed by atoms with E-state index in [0.717, 1.165) is 22.5 Å². The lowest BCUT2D eigenvalue weighted by atomic mass is 10.1. The summed E-state index contributed by atoms with van der Waals surface area (Å²) in [6, 6.07) is 20.4. The van der Waals surface area contributed by atoms with Crippen LogP contribution in [0.1, 0.15) is 5.56 Å². The number of anilines is 2. The average molecular weight is 512 g/mol. The third kappa shape index (κ3) is 6.79. The molecule has 3 N–H and O–H groups in total. The zero-order valence-corrected chi connectivity index (χ0v) is 19.6. The average Bonchev–Trinajstić information content (AvgIpc) is 3.35. The van der Waals surface area contributed by atoms with Crippen LogP contribution in [0.15, 0.2) is 84.2 Å². The summed E-state index contributed by atoms with van der Waals surface area (Å²) in [5.41, 5.74) is 6.73. The van der Waals surface area contributed by atoms with Gasteiger partial charge in [-0.25, -0.2) is 9.67 Å². The highest BCUT2D eigenvalue weighted by atomic mass is 32.1. The summed E-state index contributed by atoms with van der Waals surface area (Å²) >= 11 is 5.24. The van der Waals surface area contributed by atoms with E-state index >= 15 is 0 Å². The maximum absolute atomic E-state index is 12.3. The van der Waals surface area contributed by atoms with Gasteiger partial charge in [-0.2, -0.15) is 5.10 Å². The van der Waals surface area contributed by atoms with Gasteiger partial charge in [0.25, 0.3) is 0 Å². The standard InChI is InChI=1S/C24H20F3N7OS/c1-28-18-6-8-19(9-7-18)31-23(36)32-30-14-16-2-4-17(5-3-16)22-29-15-34(33-22)20-10-12-21(13-11-20)35-24(25,26)27/h2-15,28H,1H3,(H2,31,32,36). The van der Waals surface area contributed by atoms with Crippen LogP contribution in [0.25, 0.3) is 17.1 Å². The first-order valence-electron chi connectivity index (χ1n) is 10.6. The highest BCUT2D eigenvalue weighted by Crippen LogP contribution is 2.24. The number of nitrogens with one attached hydrogen (secondary N) is 3. The second-order valence-corrected chi connectivity index (χ2v) is 7.74. The van der Waals surface area contributed by atoms with E-state index in [2.05, 4.69) is 36.0 Å². The maximum atomic E-state index is 12.3. The summed E-state index contributed by atoms with van der Waals surface area (Å²) < 4.78 is 42.3. The molecule has 1 aromatic heterocycles. The molecule has 0 saturated carbocycles. The van der Waals surface area contributed by atoms with Crippen molar-refractivity contribution in [3.63, 3.8) is 0 Å². The van der Waals surface area contributed by atoms with Crippen LogP contribution in [0, 0.1) is 0 Å². The summed E-state index contributed by atoms with van der Waals surface area (Å²) in [7, 11) is 1.85. The molecule has 0 bridgehead atoms. The molecule has 0 fully saturated rings. The third-order valence-corrected chi connectivity index (χ3v) is 5.00. The largest absolute Gasteiger partial charge is 0.573 e. The first-order valence-corrected chi connectivity index (χ1v) is 11.0. The Labute approximate surface area is 209 Å². The van der Waals surface area contributed by atoms with Crippen LogP contribution < -0.4 is 20.8 Å². The molecule has 3 aromatic carbocycles. The van der Waals surface area contributed by atoms with Gasteiger partial charge in [0, 0.05) is 24.0 Å². The molecule has 0 aliphatic carbocycles. The SMILES string of the molecule is CNc1ccc(NC(=S)NN=Cc2ccc(-c3ncn(-c4ccc(OC(F)(F)F)cc4)n3)cc2)cc1. The van der Waals surface area contributed by atoms with E-state index in [0.29, 0.717) is 16.6 Å². The van der Waals surface area contributed by atoms with Crippen molar-refractivity contribution in [3.05, 3.63) is 84.7 Å². The van der Waals surface area contributed by atoms with Gasteiger partial charge in [0.15, 0.2) is 10.9 Å². The van der Waals surface area contributed by atoms with E-state index in [1.165, 1.54) is 35.3 Å². The first-order chi connectivity index (χ1) is 17.3. The quantitative estimate of drug-likeness (QED) is 0.179. The van der Waals surface area contributed by atoms with E-state index < -0.39 is 6.36 Å². The van der Waals surface area contributed by atoms with Gasteiger partial charge in [-0.3, -0.25) is 5.43 Å². The van der Waals surface area contributed by atoms with Crippen molar-refractivity contribution < 1.29 is 17.9 Å². The molecule has 4 rings (SSSR count). The predicted octanol–water partition coefficient (Wildman–Crippen LogP) is 5.20. The molecule has 0 unspecified atom stereocenters. The summed E-state index contributed by atoms with van der Waals surface area (Å²) in [6.45, 7) is 0. The zero-order chi connectivity index (χ0) is 25.5. The molecule has 184 valence electrons. The number of nitrogens with zero attached hydrogens (tertiary/aromatic N) is 4. The number of alkyl halides is 3. The predicted molar refractivity (Wildman–Crippen MR) is 136 cm³/mol. The summed E-state index contributed by atoms with van der Waals surface area (Å²) in [6.07, 6.45) is -1.64. The van der Waals surface area contributed by atoms with E-state index in [-0.39, 0.29) is 5.75 Å². The van der Waals surface area contributed by atoms with Gasteiger partial charge < -0.3 is 15.4 Å². The zero-order valence-electron chi connectivity index (χ0n) is 18.8. The van der Waals surface area contributed by atoms with E-state index in [9.17, 15) is 13.2 Å². The van der Waals surface area contributed by atoms with Crippen LogP contribution in [-0.2, 0) is 0 Å². The Hall–Kier alpha value is -4.45. The minimum atomic E-state index is -4.74. The van der Waals surface area contributed by atoms with Gasteiger partial charge in [-0.05, 0) is 66.3 Å². The van der Waals surface area contributed by atoms with Gasteiger partial charge >= 0.3 is 6.36 Å². The molecule has 0 radical (unpaired) electrons. The van der Waals surface area contributed by atoms with Crippen molar-refractivity contribution >= 4 is 34.9 Å². The number of thiocarbonyl (C=S) groups is 1. The summed E-state index contributed by atoms with van der Waals surface area (Å²) in [5.74, 6) is 0.153. The number of hydrogen-bond acceptors (Lipinski definition) is 6. The van der Waals surface area contributed by atoms with Crippen LogP contribution in [0.4, 0.5) is 24.5 Å². The number of benzene rings is 3. The molecule has 12 heteroatoms. The number of hydrogen-bond donors (Lipinski definition) is 3. The van der Waals surface area contributed by atoms with E-state index in [1.54, 1.807) is 6.21 Å². The summed E-state index contributed by atoms with van der Waals surface area (Å²) in [5, 5.41) is 15.0. The second-order valence-electron chi connectivity index (χ2n) is 7.33. The first kappa shape index (κ1) is 24.7. The Morgan fingerprint density at radius 2 is 1.64 bits per heavy atom. The van der Waals surface area contributed by atoms with Gasteiger partial charge in [0.05, 0.1) is 11.9 Å². The van der Waals surface area contributed by atoms with Gasteiger partial charge in [-0.1, -0.05) is 24.3 Å². The Morgan fingerprint density at radius 3 is 2.28 bits per heavy atom. The highest BCUT2D eigenvalue weighted by Gasteiger charge is 2.31. The van der Waals surface area contributed by atoms with Crippen molar-refractivity contribution in [1.29, 1.82) is 0 Å². The number of hydrazone groups is 1. The van der Waals surface area contributed by atoms with Crippen LogP contribution in [0.3, 0.4) is 0 Å². The number of ether oxygens (including phenoxy) is 1. The fraction of sp³-hybridized carbons (Fsp3) is 0.0833. The normalized spacial score (nSPS) is 11.3. The lowest BCUT2D eigenvalue weighted by Crippen LogP contribution is -2.23. The number of aromatic nitrogens is 3. The molecule has 8 nitrogen and oxygen atoms in total. The van der Waals surface area contributed by atoms with Crippen molar-refractivity contribution in [2.75, 3.05) is 17.7 Å². The molecule has 0 aliphatic heterocycles. The molecule has 0 spiro atoms. The molecule has 4 aromatic rings. The summed E-state index contributed by atoms with van der Waals surface area (Å²) in [4.78, 5) is 4.28. The van der Waals surface area contributed by atoms with Crippen molar-refractivity contribution in [2.24, 2.45) is 5.10 Å². The molecule has 0 atom stereocenters. The molecule has 0 saturated heterocycles. The van der Waals surface area contributed by atoms with Gasteiger partial charge in [0.1, 0.15) is 12.1 Å². The highest BCUT2D eigenvalue weighted by molar-refractivity contribution is 7.80. The topological polar surface area (TPSA) is 88.4 Å². The fourth-order valence-electron chi connectivity index (χ4n) is 3.08. The Bertz CT molecular complexity index is 1340. The maximum Gasteiger partial charge on any atom is 0.573 e. The Morgan fingerprint density at radius 1 is 0.972 bits per heavy atom. The molecule has 36 heavy (non-hydrogen) atoms.